The Morgan fingerprint density at radius 3 is 2.26 bits per heavy atom. The molecule has 3 aromatic carbocycles. The van der Waals surface area contributed by atoms with Crippen LogP contribution >= 0.6 is 11.6 Å². The van der Waals surface area contributed by atoms with Gasteiger partial charge in [-0.25, -0.2) is 13.4 Å². The number of imidazole rings is 1. The van der Waals surface area contributed by atoms with E-state index in [1.165, 1.54) is 30.5 Å². The molecule has 0 fully saturated rings. The fourth-order valence-corrected chi connectivity index (χ4v) is 5.37. The maximum Gasteiger partial charge on any atom is 0.243 e. The number of rotatable bonds is 9. The lowest BCUT2D eigenvalue weighted by molar-refractivity contribution is -0.116. The molecule has 0 saturated heterocycles. The molecule has 0 aliphatic heterocycles. The van der Waals surface area contributed by atoms with E-state index in [0.29, 0.717) is 16.5 Å². The van der Waals surface area contributed by atoms with Gasteiger partial charge in [0.05, 0.1) is 29.9 Å². The van der Waals surface area contributed by atoms with Crippen molar-refractivity contribution in [3.05, 3.63) is 120 Å². The van der Waals surface area contributed by atoms with Crippen LogP contribution in [0.1, 0.15) is 5.76 Å². The number of anilines is 1. The number of halogens is 1. The van der Waals surface area contributed by atoms with Gasteiger partial charge in [-0.2, -0.15) is 4.31 Å². The topological polar surface area (TPSA) is 97.4 Å². The first kappa shape index (κ1) is 25.5. The minimum absolute atomic E-state index is 0.0124. The van der Waals surface area contributed by atoms with Crippen molar-refractivity contribution in [3.63, 3.8) is 0 Å². The number of benzene rings is 3. The highest BCUT2D eigenvalue weighted by Crippen LogP contribution is 2.25. The lowest BCUT2D eigenvalue weighted by atomic mass is 10.2. The van der Waals surface area contributed by atoms with Crippen molar-refractivity contribution in [1.82, 2.24) is 13.9 Å². The van der Waals surface area contributed by atoms with Crippen LogP contribution in [0.3, 0.4) is 0 Å². The summed E-state index contributed by atoms with van der Waals surface area (Å²) < 4.78 is 35.1. The highest BCUT2D eigenvalue weighted by molar-refractivity contribution is 7.89. The largest absolute Gasteiger partial charge is 0.468 e. The van der Waals surface area contributed by atoms with Crippen LogP contribution in [0.25, 0.3) is 16.9 Å². The number of aromatic nitrogens is 2. The molecule has 5 rings (SSSR count). The number of carbonyl (C=O) groups excluding carboxylic acids is 1. The monoisotopic (exact) mass is 546 g/mol. The van der Waals surface area contributed by atoms with Gasteiger partial charge in [0.25, 0.3) is 0 Å². The Morgan fingerprint density at radius 2 is 1.61 bits per heavy atom. The second-order valence-corrected chi connectivity index (χ2v) is 10.8. The molecule has 8 nitrogen and oxygen atoms in total. The van der Waals surface area contributed by atoms with E-state index < -0.39 is 22.5 Å². The van der Waals surface area contributed by atoms with Crippen LogP contribution in [0.2, 0.25) is 5.02 Å². The van der Waals surface area contributed by atoms with E-state index in [1.807, 2.05) is 66.9 Å². The lowest BCUT2D eigenvalue weighted by Gasteiger charge is -2.21. The van der Waals surface area contributed by atoms with Gasteiger partial charge in [0.2, 0.25) is 21.9 Å². The van der Waals surface area contributed by atoms with Gasteiger partial charge < -0.3 is 4.42 Å². The van der Waals surface area contributed by atoms with Gasteiger partial charge in [0.1, 0.15) is 5.76 Å². The van der Waals surface area contributed by atoms with Crippen molar-refractivity contribution in [2.24, 2.45) is 0 Å². The molecule has 0 spiro atoms. The van der Waals surface area contributed by atoms with Crippen LogP contribution in [0.5, 0.6) is 0 Å². The maximum atomic E-state index is 13.5. The summed E-state index contributed by atoms with van der Waals surface area (Å²) in [5.41, 5.74) is 2.33. The first-order chi connectivity index (χ1) is 18.4. The predicted octanol–water partition coefficient (Wildman–Crippen LogP) is 5.62. The molecule has 192 valence electrons. The Morgan fingerprint density at radius 1 is 0.921 bits per heavy atom. The number of hydrogen-bond acceptors (Lipinski definition) is 5. The minimum atomic E-state index is -4.05. The third kappa shape index (κ3) is 5.70. The molecule has 1 amide bonds. The first-order valence-electron chi connectivity index (χ1n) is 11.7. The Balaban J connectivity index is 1.45. The molecule has 0 atom stereocenters. The summed E-state index contributed by atoms with van der Waals surface area (Å²) in [7, 11) is -4.05. The normalized spacial score (nSPS) is 11.5. The van der Waals surface area contributed by atoms with Gasteiger partial charge in [0, 0.05) is 22.5 Å². The summed E-state index contributed by atoms with van der Waals surface area (Å²) in [5, 5.41) is 3.20. The molecule has 2 heterocycles. The van der Waals surface area contributed by atoms with Crippen molar-refractivity contribution in [3.8, 4) is 16.9 Å². The molecular weight excluding hydrogens is 524 g/mol. The molecule has 0 aliphatic carbocycles. The van der Waals surface area contributed by atoms with E-state index >= 15 is 0 Å². The number of nitrogens with one attached hydrogen (secondary N) is 1. The summed E-state index contributed by atoms with van der Waals surface area (Å²) in [6, 6.07) is 28.1. The third-order valence-corrected chi connectivity index (χ3v) is 7.80. The van der Waals surface area contributed by atoms with E-state index in [1.54, 1.807) is 16.7 Å². The van der Waals surface area contributed by atoms with Crippen LogP contribution in [-0.2, 0) is 21.4 Å². The zero-order valence-electron chi connectivity index (χ0n) is 20.1. The average molecular weight is 547 g/mol. The first-order valence-corrected chi connectivity index (χ1v) is 13.5. The molecule has 2 aromatic heterocycles. The number of amides is 1. The smallest absolute Gasteiger partial charge is 0.243 e. The standard InChI is InChI=1S/C28H23ClN4O4S/c29-22-13-15-25(16-14-22)38(35,36)32(18-24-12-7-17-37-24)20-27(34)31-28-30-26(21-8-3-1-4-9-21)19-33(28)23-10-5-2-6-11-23/h1-17,19H,18,20H2,(H,30,31,34). The molecule has 0 radical (unpaired) electrons. The second-order valence-electron chi connectivity index (χ2n) is 8.38. The summed E-state index contributed by atoms with van der Waals surface area (Å²) in [6.45, 7) is -0.595. The number of sulfonamides is 1. The van der Waals surface area contributed by atoms with Gasteiger partial charge in [0.15, 0.2) is 0 Å². The summed E-state index contributed by atoms with van der Waals surface area (Å²) in [5.74, 6) is 0.103. The lowest BCUT2D eigenvalue weighted by Crippen LogP contribution is -2.37. The van der Waals surface area contributed by atoms with Crippen molar-refractivity contribution in [2.75, 3.05) is 11.9 Å². The predicted molar refractivity (Wildman–Crippen MR) is 145 cm³/mol. The minimum Gasteiger partial charge on any atom is -0.468 e. The van der Waals surface area contributed by atoms with Crippen LogP contribution in [0, 0.1) is 0 Å². The number of furan rings is 1. The quantitative estimate of drug-likeness (QED) is 0.259. The van der Waals surface area contributed by atoms with Crippen molar-refractivity contribution in [2.45, 2.75) is 11.4 Å². The summed E-state index contributed by atoms with van der Waals surface area (Å²) in [6.07, 6.45) is 3.27. The molecule has 0 bridgehead atoms. The fraction of sp³-hybridized carbons (Fsp3) is 0.0714. The van der Waals surface area contributed by atoms with Crippen molar-refractivity contribution in [1.29, 1.82) is 0 Å². The number of nitrogens with zero attached hydrogens (tertiary/aromatic N) is 3. The molecule has 0 aliphatic rings. The molecule has 10 heteroatoms. The SMILES string of the molecule is O=C(CN(Cc1ccco1)S(=O)(=O)c1ccc(Cl)cc1)Nc1nc(-c2ccccc2)cn1-c1ccccc1. The zero-order chi connectivity index (χ0) is 26.5. The van der Waals surface area contributed by atoms with Gasteiger partial charge in [-0.3, -0.25) is 14.7 Å². The Bertz CT molecular complexity index is 1620. The van der Waals surface area contributed by atoms with Crippen molar-refractivity contribution >= 4 is 33.5 Å². The molecule has 1 N–H and O–H groups in total. The zero-order valence-corrected chi connectivity index (χ0v) is 21.6. The Labute approximate surface area is 225 Å². The fourth-order valence-electron chi connectivity index (χ4n) is 3.88. The highest BCUT2D eigenvalue weighted by atomic mass is 35.5. The van der Waals surface area contributed by atoms with Crippen LogP contribution in [0.15, 0.2) is 119 Å². The second kappa shape index (κ2) is 11.1. The Hall–Kier alpha value is -4.18. The van der Waals surface area contributed by atoms with Crippen LogP contribution in [-0.4, -0.2) is 34.7 Å². The summed E-state index contributed by atoms with van der Waals surface area (Å²) in [4.78, 5) is 17.9. The third-order valence-electron chi connectivity index (χ3n) is 5.74. The number of hydrogen-bond donors (Lipinski definition) is 1. The molecule has 0 saturated carbocycles. The maximum absolute atomic E-state index is 13.5. The molecule has 5 aromatic rings. The van der Waals surface area contributed by atoms with Crippen molar-refractivity contribution < 1.29 is 17.6 Å². The van der Waals surface area contributed by atoms with E-state index in [0.717, 1.165) is 15.6 Å². The van der Waals surface area contributed by atoms with E-state index in [-0.39, 0.29) is 17.4 Å². The van der Waals surface area contributed by atoms with Crippen LogP contribution < -0.4 is 5.32 Å². The van der Waals surface area contributed by atoms with Gasteiger partial charge in [-0.05, 0) is 48.5 Å². The number of para-hydroxylation sites is 1. The van der Waals surface area contributed by atoms with Gasteiger partial charge in [-0.15, -0.1) is 0 Å². The van der Waals surface area contributed by atoms with Gasteiger partial charge >= 0.3 is 0 Å². The highest BCUT2D eigenvalue weighted by Gasteiger charge is 2.28. The average Bonchev–Trinajstić information content (AvgIpc) is 3.60. The molecule has 38 heavy (non-hydrogen) atoms. The van der Waals surface area contributed by atoms with E-state index in [9.17, 15) is 13.2 Å². The Kier molecular flexibility index (Phi) is 7.41. The molecular formula is C28H23ClN4O4S. The van der Waals surface area contributed by atoms with E-state index in [4.69, 9.17) is 16.0 Å². The van der Waals surface area contributed by atoms with Crippen LogP contribution in [0.4, 0.5) is 5.95 Å². The number of carbonyl (C=O) groups is 1. The summed E-state index contributed by atoms with van der Waals surface area (Å²) >= 11 is 5.95. The van der Waals surface area contributed by atoms with Gasteiger partial charge in [-0.1, -0.05) is 60.1 Å². The molecule has 0 unspecified atom stereocenters. The van der Waals surface area contributed by atoms with E-state index in [2.05, 4.69) is 10.3 Å².